The molecule has 1 fully saturated rings. The molecule has 1 heterocycles. The number of hydrogen-bond acceptors (Lipinski definition) is 5. The quantitative estimate of drug-likeness (QED) is 0.506. The van der Waals surface area contributed by atoms with Gasteiger partial charge in [0.1, 0.15) is 18.0 Å². The molecule has 26 heavy (non-hydrogen) atoms. The molecule has 7 nitrogen and oxygen atoms in total. The molecule has 0 aliphatic carbocycles. The van der Waals surface area contributed by atoms with E-state index in [4.69, 9.17) is 4.74 Å². The van der Waals surface area contributed by atoms with Crippen LogP contribution in [0, 0.1) is 0 Å². The predicted molar refractivity (Wildman–Crippen MR) is 95.4 cm³/mol. The Labute approximate surface area is 150 Å². The van der Waals surface area contributed by atoms with Gasteiger partial charge in [0.2, 0.25) is 0 Å². The molecule has 134 valence electrons. The number of methoxy groups -OCH3 is 1. The summed E-state index contributed by atoms with van der Waals surface area (Å²) in [6, 6.07) is 10.6. The summed E-state index contributed by atoms with van der Waals surface area (Å²) in [6.07, 6.45) is 1.59. The molecule has 0 saturated carbocycles. The number of nitrogens with one attached hydrogen (secondary N) is 1. The average molecular weight is 354 g/mol. The third-order valence-corrected chi connectivity index (χ3v) is 3.99. The molecule has 3 amide bonds. The fourth-order valence-electron chi connectivity index (χ4n) is 2.77. The van der Waals surface area contributed by atoms with Crippen molar-refractivity contribution in [1.29, 1.82) is 0 Å². The van der Waals surface area contributed by atoms with Gasteiger partial charge in [-0.15, -0.1) is 0 Å². The lowest BCUT2D eigenvalue weighted by Crippen LogP contribution is -2.36. The van der Waals surface area contributed by atoms with Gasteiger partial charge < -0.3 is 14.8 Å². The zero-order chi connectivity index (χ0) is 18.7. The van der Waals surface area contributed by atoms with E-state index in [2.05, 4.69) is 10.1 Å². The Morgan fingerprint density at radius 3 is 2.58 bits per heavy atom. The number of nitrogens with zero attached hydrogens (tertiary/aromatic N) is 1. The van der Waals surface area contributed by atoms with Gasteiger partial charge in [0.15, 0.2) is 0 Å². The molecule has 1 N–H and O–H groups in total. The number of rotatable bonds is 5. The van der Waals surface area contributed by atoms with Gasteiger partial charge in [-0.05, 0) is 30.0 Å². The molecule has 3 rings (SSSR count). The third-order valence-electron chi connectivity index (χ3n) is 3.99. The van der Waals surface area contributed by atoms with Crippen LogP contribution >= 0.6 is 0 Å². The van der Waals surface area contributed by atoms with E-state index in [0.29, 0.717) is 6.61 Å². The van der Waals surface area contributed by atoms with E-state index in [0.717, 1.165) is 27.0 Å². The molecule has 0 radical (unpaired) electrons. The SMILES string of the molecule is CCOc1ccc(/C=C2/NC(=O)N(CC(=O)OC)C2=O)c2ccccc12. The lowest BCUT2D eigenvalue weighted by Gasteiger charge is -2.10. The Balaban J connectivity index is 1.98. The molecular formula is C19H18N2O5. The van der Waals surface area contributed by atoms with Gasteiger partial charge in [0.05, 0.1) is 13.7 Å². The molecule has 1 aliphatic rings. The number of carbonyl (C=O) groups is 3. The van der Waals surface area contributed by atoms with E-state index in [1.165, 1.54) is 7.11 Å². The Morgan fingerprint density at radius 1 is 1.15 bits per heavy atom. The summed E-state index contributed by atoms with van der Waals surface area (Å²) >= 11 is 0. The number of fused-ring (bicyclic) bond motifs is 1. The largest absolute Gasteiger partial charge is 0.493 e. The summed E-state index contributed by atoms with van der Waals surface area (Å²) in [6.45, 7) is 2.03. The van der Waals surface area contributed by atoms with Crippen molar-refractivity contribution < 1.29 is 23.9 Å². The van der Waals surface area contributed by atoms with Crippen molar-refractivity contribution in [1.82, 2.24) is 10.2 Å². The van der Waals surface area contributed by atoms with Crippen LogP contribution in [0.25, 0.3) is 16.8 Å². The number of carbonyl (C=O) groups excluding carboxylic acids is 3. The molecule has 2 aromatic carbocycles. The summed E-state index contributed by atoms with van der Waals surface area (Å²) in [4.78, 5) is 36.6. The Kier molecular flexibility index (Phi) is 4.88. The second-order valence-corrected chi connectivity index (χ2v) is 5.59. The number of imide groups is 1. The van der Waals surface area contributed by atoms with Gasteiger partial charge in [0.25, 0.3) is 5.91 Å². The van der Waals surface area contributed by atoms with E-state index in [9.17, 15) is 14.4 Å². The van der Waals surface area contributed by atoms with Crippen LogP contribution in [0.3, 0.4) is 0 Å². The second kappa shape index (κ2) is 7.26. The van der Waals surface area contributed by atoms with Gasteiger partial charge in [-0.3, -0.25) is 9.59 Å². The van der Waals surface area contributed by atoms with Gasteiger partial charge in [-0.1, -0.05) is 30.3 Å². The molecule has 0 bridgehead atoms. The molecule has 0 aromatic heterocycles. The minimum absolute atomic E-state index is 0.105. The molecule has 7 heteroatoms. The van der Waals surface area contributed by atoms with Crippen molar-refractivity contribution in [2.45, 2.75) is 6.92 Å². The number of urea groups is 1. The van der Waals surface area contributed by atoms with Crippen LogP contribution in [0.1, 0.15) is 12.5 Å². The highest BCUT2D eigenvalue weighted by Gasteiger charge is 2.35. The van der Waals surface area contributed by atoms with Crippen LogP contribution in [0.15, 0.2) is 42.1 Å². The zero-order valence-corrected chi connectivity index (χ0v) is 14.4. The van der Waals surface area contributed by atoms with Crippen molar-refractivity contribution in [2.75, 3.05) is 20.3 Å². The molecular weight excluding hydrogens is 336 g/mol. The highest BCUT2D eigenvalue weighted by atomic mass is 16.5. The van der Waals surface area contributed by atoms with E-state index in [1.54, 1.807) is 6.08 Å². The van der Waals surface area contributed by atoms with Crippen molar-refractivity contribution in [2.24, 2.45) is 0 Å². The van der Waals surface area contributed by atoms with Crippen molar-refractivity contribution in [3.63, 3.8) is 0 Å². The van der Waals surface area contributed by atoms with E-state index < -0.39 is 24.5 Å². The third kappa shape index (κ3) is 3.23. The second-order valence-electron chi connectivity index (χ2n) is 5.59. The fraction of sp³-hybridized carbons (Fsp3) is 0.211. The first-order chi connectivity index (χ1) is 12.5. The minimum atomic E-state index is -0.665. The van der Waals surface area contributed by atoms with Crippen LogP contribution < -0.4 is 10.1 Å². The van der Waals surface area contributed by atoms with Crippen LogP contribution in [0.5, 0.6) is 5.75 Å². The number of amides is 3. The maximum absolute atomic E-state index is 12.4. The first kappa shape index (κ1) is 17.5. The zero-order valence-electron chi connectivity index (χ0n) is 14.4. The number of hydrogen-bond donors (Lipinski definition) is 1. The average Bonchev–Trinajstić information content (AvgIpc) is 2.91. The van der Waals surface area contributed by atoms with Gasteiger partial charge in [0, 0.05) is 5.39 Å². The molecule has 0 spiro atoms. The molecule has 1 aliphatic heterocycles. The highest BCUT2D eigenvalue weighted by Crippen LogP contribution is 2.30. The van der Waals surface area contributed by atoms with Gasteiger partial charge >= 0.3 is 12.0 Å². The van der Waals surface area contributed by atoms with Crippen LogP contribution in [0.2, 0.25) is 0 Å². The predicted octanol–water partition coefficient (Wildman–Crippen LogP) is 2.30. The number of esters is 1. The van der Waals surface area contributed by atoms with Gasteiger partial charge in [-0.25, -0.2) is 9.69 Å². The van der Waals surface area contributed by atoms with Crippen molar-refractivity contribution in [3.8, 4) is 5.75 Å². The number of benzene rings is 2. The van der Waals surface area contributed by atoms with Crippen molar-refractivity contribution >= 4 is 34.8 Å². The van der Waals surface area contributed by atoms with Crippen LogP contribution in [0.4, 0.5) is 4.79 Å². The maximum atomic E-state index is 12.4. The first-order valence-corrected chi connectivity index (χ1v) is 8.11. The molecule has 0 unspecified atom stereocenters. The molecule has 2 aromatic rings. The summed E-state index contributed by atoms with van der Waals surface area (Å²) in [5.41, 5.74) is 0.862. The van der Waals surface area contributed by atoms with Crippen LogP contribution in [-0.2, 0) is 14.3 Å². The molecule has 0 atom stereocenters. The Bertz CT molecular complexity index is 919. The van der Waals surface area contributed by atoms with Gasteiger partial charge in [-0.2, -0.15) is 0 Å². The Hall–Kier alpha value is -3.35. The normalized spacial score (nSPS) is 15.5. The van der Waals surface area contributed by atoms with Crippen LogP contribution in [-0.4, -0.2) is 43.1 Å². The van der Waals surface area contributed by atoms with E-state index in [-0.39, 0.29) is 5.70 Å². The summed E-state index contributed by atoms with van der Waals surface area (Å²) in [5.74, 6) is -0.487. The minimum Gasteiger partial charge on any atom is -0.493 e. The maximum Gasteiger partial charge on any atom is 0.329 e. The fourth-order valence-corrected chi connectivity index (χ4v) is 2.77. The summed E-state index contributed by atoms with van der Waals surface area (Å²) < 4.78 is 10.1. The van der Waals surface area contributed by atoms with Crippen molar-refractivity contribution in [3.05, 3.63) is 47.7 Å². The van der Waals surface area contributed by atoms with E-state index in [1.807, 2.05) is 43.3 Å². The number of ether oxygens (including phenoxy) is 2. The topological polar surface area (TPSA) is 84.9 Å². The first-order valence-electron chi connectivity index (χ1n) is 8.11. The highest BCUT2D eigenvalue weighted by molar-refractivity contribution is 6.15. The van der Waals surface area contributed by atoms with E-state index >= 15 is 0 Å². The summed E-state index contributed by atoms with van der Waals surface area (Å²) in [5, 5.41) is 4.29. The standard InChI is InChI=1S/C19H18N2O5/c1-3-26-16-9-8-12(13-6-4-5-7-14(13)16)10-15-18(23)21(19(24)20-15)11-17(22)25-2/h4-10H,3,11H2,1-2H3,(H,20,24)/b15-10+. The summed E-state index contributed by atoms with van der Waals surface area (Å²) in [7, 11) is 1.20. The lowest BCUT2D eigenvalue weighted by atomic mass is 10.0. The Morgan fingerprint density at radius 2 is 1.88 bits per heavy atom. The lowest BCUT2D eigenvalue weighted by molar-refractivity contribution is -0.143. The molecule has 1 saturated heterocycles. The smallest absolute Gasteiger partial charge is 0.329 e. The monoisotopic (exact) mass is 354 g/mol.